The number of amides is 2. The molecule has 0 aliphatic carbocycles. The fourth-order valence-corrected chi connectivity index (χ4v) is 2.71. The molecule has 5 nitrogen and oxygen atoms in total. The Hall–Kier alpha value is -1.92. The summed E-state index contributed by atoms with van der Waals surface area (Å²) in [5.41, 5.74) is 2.04. The van der Waals surface area contributed by atoms with Gasteiger partial charge in [0.1, 0.15) is 0 Å². The van der Waals surface area contributed by atoms with E-state index in [1.165, 1.54) is 11.3 Å². The zero-order valence-electron chi connectivity index (χ0n) is 12.5. The number of hydrogen-bond acceptors (Lipinski definition) is 4. The largest absolute Gasteiger partial charge is 0.338 e. The number of benzene rings is 1. The number of rotatable bonds is 5. The summed E-state index contributed by atoms with van der Waals surface area (Å²) in [6, 6.07) is 5.87. The van der Waals surface area contributed by atoms with Crippen molar-refractivity contribution in [2.75, 3.05) is 32.5 Å². The maximum absolute atomic E-state index is 11.5. The average molecular weight is 304 g/mol. The summed E-state index contributed by atoms with van der Waals surface area (Å²) >= 11 is 1.48. The molecule has 21 heavy (non-hydrogen) atoms. The minimum absolute atomic E-state index is 0.220. The lowest BCUT2D eigenvalue weighted by Crippen LogP contribution is -2.28. The van der Waals surface area contributed by atoms with E-state index in [2.05, 4.69) is 38.7 Å². The van der Waals surface area contributed by atoms with Crippen molar-refractivity contribution < 1.29 is 4.79 Å². The molecule has 6 heteroatoms. The molecule has 1 aromatic carbocycles. The predicted molar refractivity (Wildman–Crippen MR) is 89.9 cm³/mol. The Bertz CT molecular complexity index is 648. The molecule has 0 bridgehead atoms. The topological polar surface area (TPSA) is 57.3 Å². The Morgan fingerprint density at radius 1 is 1.43 bits per heavy atom. The van der Waals surface area contributed by atoms with Gasteiger partial charge in [-0.2, -0.15) is 0 Å². The lowest BCUT2D eigenvalue weighted by atomic mass is 10.2. The van der Waals surface area contributed by atoms with E-state index in [1.54, 1.807) is 0 Å². The normalized spacial score (nSPS) is 11.4. The van der Waals surface area contributed by atoms with Gasteiger partial charge in [-0.3, -0.25) is 5.32 Å². The van der Waals surface area contributed by atoms with Crippen molar-refractivity contribution in [1.82, 2.24) is 15.2 Å². The molecule has 2 aromatic rings. The SMILES string of the molecule is CCNC(=O)Nc1nc2ccc(C=CCN(C)C)cc2s1. The first-order valence-corrected chi connectivity index (χ1v) is 7.67. The third-order valence-corrected chi connectivity index (χ3v) is 3.68. The third kappa shape index (κ3) is 4.54. The fourth-order valence-electron chi connectivity index (χ4n) is 1.80. The van der Waals surface area contributed by atoms with Gasteiger partial charge in [0.25, 0.3) is 0 Å². The first-order chi connectivity index (χ1) is 10.1. The quantitative estimate of drug-likeness (QED) is 0.893. The zero-order chi connectivity index (χ0) is 15.2. The van der Waals surface area contributed by atoms with Gasteiger partial charge in [-0.1, -0.05) is 29.6 Å². The molecule has 1 heterocycles. The van der Waals surface area contributed by atoms with Crippen molar-refractivity contribution in [3.8, 4) is 0 Å². The smallest absolute Gasteiger partial charge is 0.321 e. The molecule has 0 radical (unpaired) electrons. The molecular weight excluding hydrogens is 284 g/mol. The number of hydrogen-bond donors (Lipinski definition) is 2. The lowest BCUT2D eigenvalue weighted by Gasteiger charge is -2.03. The minimum atomic E-state index is -0.220. The molecule has 2 rings (SSSR count). The second kappa shape index (κ2) is 7.19. The molecule has 2 amide bonds. The van der Waals surface area contributed by atoms with Crippen LogP contribution in [0.5, 0.6) is 0 Å². The molecule has 0 saturated heterocycles. The van der Waals surface area contributed by atoms with Crippen LogP contribution in [0.25, 0.3) is 16.3 Å². The van der Waals surface area contributed by atoms with E-state index in [-0.39, 0.29) is 6.03 Å². The second-order valence-corrected chi connectivity index (χ2v) is 5.93. The van der Waals surface area contributed by atoms with E-state index in [9.17, 15) is 4.79 Å². The van der Waals surface area contributed by atoms with Gasteiger partial charge < -0.3 is 10.2 Å². The maximum Gasteiger partial charge on any atom is 0.321 e. The van der Waals surface area contributed by atoms with Crippen LogP contribution in [0.4, 0.5) is 9.93 Å². The molecule has 112 valence electrons. The Balaban J connectivity index is 2.12. The Labute approximate surface area is 128 Å². The lowest BCUT2D eigenvalue weighted by molar-refractivity contribution is 0.252. The van der Waals surface area contributed by atoms with E-state index >= 15 is 0 Å². The number of urea groups is 1. The molecule has 0 fully saturated rings. The van der Waals surface area contributed by atoms with Gasteiger partial charge in [0.2, 0.25) is 0 Å². The van der Waals surface area contributed by atoms with E-state index in [1.807, 2.05) is 33.2 Å². The zero-order valence-corrected chi connectivity index (χ0v) is 13.3. The highest BCUT2D eigenvalue weighted by Crippen LogP contribution is 2.27. The van der Waals surface area contributed by atoms with Crippen LogP contribution >= 0.6 is 11.3 Å². The van der Waals surface area contributed by atoms with Crippen molar-refractivity contribution >= 4 is 38.8 Å². The van der Waals surface area contributed by atoms with Crippen LogP contribution in [0, 0.1) is 0 Å². The third-order valence-electron chi connectivity index (χ3n) is 2.75. The molecule has 0 spiro atoms. The Morgan fingerprint density at radius 2 is 2.24 bits per heavy atom. The summed E-state index contributed by atoms with van der Waals surface area (Å²) in [4.78, 5) is 18.0. The van der Waals surface area contributed by atoms with Gasteiger partial charge in [-0.15, -0.1) is 0 Å². The number of likely N-dealkylation sites (N-methyl/N-ethyl adjacent to an activating group) is 1. The van der Waals surface area contributed by atoms with Crippen molar-refractivity contribution in [3.63, 3.8) is 0 Å². The fraction of sp³-hybridized carbons (Fsp3) is 0.333. The first-order valence-electron chi connectivity index (χ1n) is 6.85. The number of thiazole rings is 1. The predicted octanol–water partition coefficient (Wildman–Crippen LogP) is 3.01. The second-order valence-electron chi connectivity index (χ2n) is 4.90. The van der Waals surface area contributed by atoms with E-state index < -0.39 is 0 Å². The van der Waals surface area contributed by atoms with E-state index in [0.717, 1.165) is 22.3 Å². The highest BCUT2D eigenvalue weighted by atomic mass is 32.1. The van der Waals surface area contributed by atoms with Crippen LogP contribution in [0.2, 0.25) is 0 Å². The maximum atomic E-state index is 11.5. The Kier molecular flexibility index (Phi) is 5.30. The number of fused-ring (bicyclic) bond motifs is 1. The molecule has 0 unspecified atom stereocenters. The first kappa shape index (κ1) is 15.5. The summed E-state index contributed by atoms with van der Waals surface area (Å²) in [5.74, 6) is 0. The van der Waals surface area contributed by atoms with Crippen LogP contribution in [-0.4, -0.2) is 43.1 Å². The average Bonchev–Trinajstić information content (AvgIpc) is 2.79. The Morgan fingerprint density at radius 3 is 2.95 bits per heavy atom. The highest BCUT2D eigenvalue weighted by Gasteiger charge is 2.06. The molecule has 0 aliphatic heterocycles. The monoisotopic (exact) mass is 304 g/mol. The van der Waals surface area contributed by atoms with Gasteiger partial charge in [-0.05, 0) is 38.7 Å². The molecule has 1 aromatic heterocycles. The molecular formula is C15H20N4OS. The van der Waals surface area contributed by atoms with Gasteiger partial charge in [0.15, 0.2) is 5.13 Å². The summed E-state index contributed by atoms with van der Waals surface area (Å²) in [7, 11) is 4.08. The van der Waals surface area contributed by atoms with Gasteiger partial charge >= 0.3 is 6.03 Å². The van der Waals surface area contributed by atoms with Crippen molar-refractivity contribution in [1.29, 1.82) is 0 Å². The van der Waals surface area contributed by atoms with Crippen LogP contribution in [-0.2, 0) is 0 Å². The van der Waals surface area contributed by atoms with Gasteiger partial charge in [0.05, 0.1) is 10.2 Å². The minimum Gasteiger partial charge on any atom is -0.338 e. The van der Waals surface area contributed by atoms with E-state index in [4.69, 9.17) is 0 Å². The van der Waals surface area contributed by atoms with Crippen LogP contribution < -0.4 is 10.6 Å². The molecule has 0 saturated carbocycles. The molecule has 0 aliphatic rings. The van der Waals surface area contributed by atoms with Crippen LogP contribution in [0.1, 0.15) is 12.5 Å². The van der Waals surface area contributed by atoms with Gasteiger partial charge in [0, 0.05) is 13.1 Å². The summed E-state index contributed by atoms with van der Waals surface area (Å²) in [6.45, 7) is 3.38. The summed E-state index contributed by atoms with van der Waals surface area (Å²) in [5, 5.41) is 6.05. The number of nitrogens with zero attached hydrogens (tertiary/aromatic N) is 2. The van der Waals surface area contributed by atoms with Crippen molar-refractivity contribution in [2.45, 2.75) is 6.92 Å². The number of anilines is 1. The molecule has 0 atom stereocenters. The van der Waals surface area contributed by atoms with E-state index in [0.29, 0.717) is 11.7 Å². The highest BCUT2D eigenvalue weighted by molar-refractivity contribution is 7.22. The summed E-state index contributed by atoms with van der Waals surface area (Å²) in [6.07, 6.45) is 4.21. The van der Waals surface area contributed by atoms with Crippen molar-refractivity contribution in [3.05, 3.63) is 29.8 Å². The number of carbonyl (C=O) groups excluding carboxylic acids is 1. The molecule has 2 N–H and O–H groups in total. The number of nitrogens with one attached hydrogen (secondary N) is 2. The number of carbonyl (C=O) groups is 1. The summed E-state index contributed by atoms with van der Waals surface area (Å²) < 4.78 is 1.06. The van der Waals surface area contributed by atoms with Crippen LogP contribution in [0.15, 0.2) is 24.3 Å². The number of aromatic nitrogens is 1. The van der Waals surface area contributed by atoms with Gasteiger partial charge in [-0.25, -0.2) is 9.78 Å². The van der Waals surface area contributed by atoms with Crippen molar-refractivity contribution in [2.24, 2.45) is 0 Å². The standard InChI is InChI=1S/C15H20N4OS/c1-4-16-14(20)18-15-17-12-8-7-11(10-13(12)21-15)6-5-9-19(2)3/h5-8,10H,4,9H2,1-3H3,(H2,16,17,18,20). The van der Waals surface area contributed by atoms with Crippen LogP contribution in [0.3, 0.4) is 0 Å².